The van der Waals surface area contributed by atoms with Crippen LogP contribution in [0.1, 0.15) is 11.1 Å². The van der Waals surface area contributed by atoms with Crippen molar-refractivity contribution in [3.05, 3.63) is 74.7 Å². The molecule has 1 fully saturated rings. The summed E-state index contributed by atoms with van der Waals surface area (Å²) in [6.07, 6.45) is 1.43. The van der Waals surface area contributed by atoms with Crippen molar-refractivity contribution >= 4 is 34.7 Å². The average molecular weight is 356 g/mol. The molecular weight excluding hydrogens is 344 g/mol. The quantitative estimate of drug-likeness (QED) is 0.511. The number of para-hydroxylation sites is 2. The molecule has 8 heteroatoms. The van der Waals surface area contributed by atoms with Crippen LogP contribution in [-0.4, -0.2) is 26.1 Å². The molecule has 0 unspecified atom stereocenters. The van der Waals surface area contributed by atoms with E-state index in [1.54, 1.807) is 24.3 Å². The van der Waals surface area contributed by atoms with Crippen molar-refractivity contribution < 1.29 is 19.6 Å². The van der Waals surface area contributed by atoms with E-state index in [2.05, 4.69) is 0 Å². The standard InChI is InChI=1S/C17H12N2O5S/c20-14-8-4-2-5-11(14)9-15-16(21)18(17(22)25-15)10-12-6-1-3-7-13(12)19(23)24/h1-9,20H,10H2/b15-9-. The van der Waals surface area contributed by atoms with Gasteiger partial charge in [0.1, 0.15) is 5.75 Å². The fourth-order valence-corrected chi connectivity index (χ4v) is 3.21. The monoisotopic (exact) mass is 356 g/mol. The van der Waals surface area contributed by atoms with E-state index in [0.29, 0.717) is 5.56 Å². The van der Waals surface area contributed by atoms with Gasteiger partial charge in [-0.3, -0.25) is 24.6 Å². The van der Waals surface area contributed by atoms with Crippen LogP contribution < -0.4 is 0 Å². The Bertz CT molecular complexity index is 909. The number of imide groups is 1. The van der Waals surface area contributed by atoms with E-state index in [1.165, 1.54) is 30.3 Å². The van der Waals surface area contributed by atoms with Crippen molar-refractivity contribution in [3.8, 4) is 5.75 Å². The molecule has 1 aliphatic rings. The summed E-state index contributed by atoms with van der Waals surface area (Å²) >= 11 is 0.736. The number of aromatic hydroxyl groups is 1. The molecule has 1 aliphatic heterocycles. The lowest BCUT2D eigenvalue weighted by Gasteiger charge is -2.12. The fraction of sp³-hybridized carbons (Fsp3) is 0.0588. The maximum absolute atomic E-state index is 12.5. The Morgan fingerprint density at radius 2 is 1.80 bits per heavy atom. The normalized spacial score (nSPS) is 15.8. The second-order valence-electron chi connectivity index (χ2n) is 5.21. The average Bonchev–Trinajstić information content (AvgIpc) is 2.85. The van der Waals surface area contributed by atoms with E-state index < -0.39 is 16.1 Å². The van der Waals surface area contributed by atoms with E-state index in [-0.39, 0.29) is 28.5 Å². The highest BCUT2D eigenvalue weighted by molar-refractivity contribution is 8.18. The molecule has 0 aliphatic carbocycles. The van der Waals surface area contributed by atoms with Gasteiger partial charge in [0.15, 0.2) is 0 Å². The van der Waals surface area contributed by atoms with Crippen LogP contribution in [0.3, 0.4) is 0 Å². The highest BCUT2D eigenvalue weighted by atomic mass is 32.2. The number of carbonyl (C=O) groups excluding carboxylic acids is 2. The fourth-order valence-electron chi connectivity index (χ4n) is 2.38. The van der Waals surface area contributed by atoms with Crippen molar-refractivity contribution in [2.45, 2.75) is 6.54 Å². The molecule has 3 rings (SSSR count). The molecule has 0 radical (unpaired) electrons. The number of benzene rings is 2. The Morgan fingerprint density at radius 3 is 2.52 bits per heavy atom. The smallest absolute Gasteiger partial charge is 0.293 e. The Labute approximate surface area is 146 Å². The minimum Gasteiger partial charge on any atom is -0.507 e. The van der Waals surface area contributed by atoms with Gasteiger partial charge in [-0.2, -0.15) is 0 Å². The number of hydrogen-bond acceptors (Lipinski definition) is 6. The van der Waals surface area contributed by atoms with Crippen molar-refractivity contribution in [1.29, 1.82) is 0 Å². The number of nitro benzene ring substituents is 1. The molecule has 1 saturated heterocycles. The van der Waals surface area contributed by atoms with Gasteiger partial charge < -0.3 is 5.11 Å². The van der Waals surface area contributed by atoms with Crippen LogP contribution >= 0.6 is 11.8 Å². The van der Waals surface area contributed by atoms with Crippen molar-refractivity contribution in [1.82, 2.24) is 4.90 Å². The SMILES string of the molecule is O=C1S/C(=C\c2ccccc2O)C(=O)N1Cc1ccccc1[N+](=O)[O-]. The molecule has 0 saturated carbocycles. The molecule has 1 N–H and O–H groups in total. The molecule has 25 heavy (non-hydrogen) atoms. The first-order valence-corrected chi connectivity index (χ1v) is 8.04. The van der Waals surface area contributed by atoms with E-state index in [0.717, 1.165) is 16.7 Å². The minimum absolute atomic E-state index is 0.00649. The number of carbonyl (C=O) groups is 2. The van der Waals surface area contributed by atoms with Crippen molar-refractivity contribution in [3.63, 3.8) is 0 Å². The number of amides is 2. The Balaban J connectivity index is 1.88. The Morgan fingerprint density at radius 1 is 1.12 bits per heavy atom. The Hall–Kier alpha value is -3.13. The molecule has 126 valence electrons. The summed E-state index contributed by atoms with van der Waals surface area (Å²) in [7, 11) is 0. The second kappa shape index (κ2) is 6.78. The van der Waals surface area contributed by atoms with Gasteiger partial charge in [0.25, 0.3) is 16.8 Å². The summed E-state index contributed by atoms with van der Waals surface area (Å²) in [5.74, 6) is -0.551. The van der Waals surface area contributed by atoms with Gasteiger partial charge in [-0.15, -0.1) is 0 Å². The number of phenolic OH excluding ortho intramolecular Hbond substituents is 1. The molecule has 7 nitrogen and oxygen atoms in total. The summed E-state index contributed by atoms with van der Waals surface area (Å²) in [5.41, 5.74) is 0.545. The maximum Gasteiger partial charge on any atom is 0.293 e. The molecule has 2 aromatic rings. The molecular formula is C17H12N2O5S. The molecule has 2 amide bonds. The van der Waals surface area contributed by atoms with Gasteiger partial charge in [0, 0.05) is 17.2 Å². The first-order chi connectivity index (χ1) is 12.0. The molecule has 0 spiro atoms. The zero-order chi connectivity index (χ0) is 18.0. The molecule has 2 aromatic carbocycles. The van der Waals surface area contributed by atoms with Gasteiger partial charge in [0.05, 0.1) is 16.4 Å². The summed E-state index contributed by atoms with van der Waals surface area (Å²) in [6, 6.07) is 12.4. The topological polar surface area (TPSA) is 101 Å². The van der Waals surface area contributed by atoms with E-state index in [1.807, 2.05) is 0 Å². The first-order valence-electron chi connectivity index (χ1n) is 7.23. The van der Waals surface area contributed by atoms with Crippen LogP contribution in [0.25, 0.3) is 6.08 Å². The lowest BCUT2D eigenvalue weighted by Crippen LogP contribution is -2.27. The van der Waals surface area contributed by atoms with Crippen LogP contribution in [-0.2, 0) is 11.3 Å². The van der Waals surface area contributed by atoms with Crippen LogP contribution in [0.4, 0.5) is 10.5 Å². The van der Waals surface area contributed by atoms with E-state index >= 15 is 0 Å². The zero-order valence-corrected chi connectivity index (χ0v) is 13.6. The second-order valence-corrected chi connectivity index (χ2v) is 6.21. The van der Waals surface area contributed by atoms with Crippen LogP contribution in [0.5, 0.6) is 5.75 Å². The van der Waals surface area contributed by atoms with Crippen molar-refractivity contribution in [2.75, 3.05) is 0 Å². The number of thioether (sulfide) groups is 1. The predicted molar refractivity (Wildman–Crippen MR) is 92.7 cm³/mol. The van der Waals surface area contributed by atoms with Gasteiger partial charge in [-0.25, -0.2) is 0 Å². The highest BCUT2D eigenvalue weighted by Gasteiger charge is 2.36. The van der Waals surface area contributed by atoms with Crippen LogP contribution in [0.15, 0.2) is 53.4 Å². The number of rotatable bonds is 4. The van der Waals surface area contributed by atoms with Gasteiger partial charge >= 0.3 is 0 Å². The summed E-state index contributed by atoms with van der Waals surface area (Å²) in [5, 5.41) is 20.3. The predicted octanol–water partition coefficient (Wildman–Crippen LogP) is 3.54. The van der Waals surface area contributed by atoms with Gasteiger partial charge in [-0.1, -0.05) is 36.4 Å². The highest BCUT2D eigenvalue weighted by Crippen LogP contribution is 2.35. The largest absolute Gasteiger partial charge is 0.507 e. The summed E-state index contributed by atoms with van der Waals surface area (Å²) in [6.45, 7) is -0.181. The first kappa shape index (κ1) is 16.7. The number of hydrogen-bond donors (Lipinski definition) is 1. The lowest BCUT2D eigenvalue weighted by molar-refractivity contribution is -0.385. The molecule has 0 atom stereocenters. The van der Waals surface area contributed by atoms with E-state index in [9.17, 15) is 24.8 Å². The summed E-state index contributed by atoms with van der Waals surface area (Å²) < 4.78 is 0. The third kappa shape index (κ3) is 3.38. The van der Waals surface area contributed by atoms with Crippen molar-refractivity contribution in [2.24, 2.45) is 0 Å². The van der Waals surface area contributed by atoms with Gasteiger partial charge in [0.2, 0.25) is 0 Å². The van der Waals surface area contributed by atoms with E-state index in [4.69, 9.17) is 0 Å². The van der Waals surface area contributed by atoms with Crippen LogP contribution in [0.2, 0.25) is 0 Å². The summed E-state index contributed by atoms with van der Waals surface area (Å²) in [4.78, 5) is 36.3. The zero-order valence-electron chi connectivity index (χ0n) is 12.8. The van der Waals surface area contributed by atoms with Gasteiger partial charge in [-0.05, 0) is 23.9 Å². The molecule has 0 bridgehead atoms. The maximum atomic E-state index is 12.5. The van der Waals surface area contributed by atoms with Crippen LogP contribution in [0, 0.1) is 10.1 Å². The molecule has 0 aromatic heterocycles. The number of phenols is 1. The molecule has 1 heterocycles. The third-order valence-electron chi connectivity index (χ3n) is 3.61. The number of nitrogens with zero attached hydrogens (tertiary/aromatic N) is 2. The third-order valence-corrected chi connectivity index (χ3v) is 4.52. The Kier molecular flexibility index (Phi) is 4.53. The minimum atomic E-state index is -0.549. The number of nitro groups is 1. The lowest BCUT2D eigenvalue weighted by atomic mass is 10.1.